The maximum atomic E-state index is 10.7. The smallest absolute Gasteiger partial charge is 0.224 e. The molecular formula is C25H32N6O3S. The third-order valence-corrected chi connectivity index (χ3v) is 8.51. The highest BCUT2D eigenvalue weighted by atomic mass is 32.1. The van der Waals surface area contributed by atoms with Gasteiger partial charge >= 0.3 is 0 Å². The van der Waals surface area contributed by atoms with Gasteiger partial charge in [0.05, 0.1) is 33.8 Å². The molecule has 6 rings (SSSR count). The fourth-order valence-corrected chi connectivity index (χ4v) is 6.17. The lowest BCUT2D eigenvalue weighted by atomic mass is 10.0. The Bertz CT molecular complexity index is 1230. The average Bonchev–Trinajstić information content (AvgIpc) is 3.77. The van der Waals surface area contributed by atoms with Crippen LogP contribution in [0.3, 0.4) is 0 Å². The predicted molar refractivity (Wildman–Crippen MR) is 136 cm³/mol. The lowest BCUT2D eigenvalue weighted by Gasteiger charge is -2.21. The van der Waals surface area contributed by atoms with Gasteiger partial charge in [-0.3, -0.25) is 4.98 Å². The van der Waals surface area contributed by atoms with Gasteiger partial charge in [0, 0.05) is 25.3 Å². The monoisotopic (exact) mass is 496 g/mol. The molecule has 35 heavy (non-hydrogen) atoms. The standard InChI is InChI=1S/C25H32N6O3S/c1-12-18(24-30-20-17(35-24)6-8-26-19(20)14-4-5-14)23(31-25(28-12)27-11-13-2-3-13)29-16-10-15(7-9-32)21(33)22(16)34/h6,8,13-16,21-22,32-34H,2-5,7,9-11H2,1H3,(H2,27,28,29,31)/t15-,16+,21+,22-/m0/s1. The highest BCUT2D eigenvalue weighted by Crippen LogP contribution is 2.44. The van der Waals surface area contributed by atoms with E-state index in [9.17, 15) is 15.3 Å². The molecule has 4 atom stereocenters. The van der Waals surface area contributed by atoms with Crippen LogP contribution >= 0.6 is 11.3 Å². The first-order valence-corrected chi connectivity index (χ1v) is 13.4. The number of nitrogens with zero attached hydrogens (tertiary/aromatic N) is 4. The largest absolute Gasteiger partial charge is 0.396 e. The van der Waals surface area contributed by atoms with Gasteiger partial charge in [-0.15, -0.1) is 11.3 Å². The molecular weight excluding hydrogens is 464 g/mol. The van der Waals surface area contributed by atoms with Gasteiger partial charge in [0.25, 0.3) is 0 Å². The van der Waals surface area contributed by atoms with Crippen molar-refractivity contribution in [3.8, 4) is 10.6 Å². The molecule has 0 radical (unpaired) electrons. The highest BCUT2D eigenvalue weighted by molar-refractivity contribution is 7.21. The molecule has 9 nitrogen and oxygen atoms in total. The summed E-state index contributed by atoms with van der Waals surface area (Å²) in [6.07, 6.45) is 5.82. The maximum absolute atomic E-state index is 10.7. The summed E-state index contributed by atoms with van der Waals surface area (Å²) >= 11 is 1.60. The Kier molecular flexibility index (Phi) is 6.08. The molecule has 0 saturated heterocycles. The van der Waals surface area contributed by atoms with Crippen LogP contribution in [0.25, 0.3) is 20.8 Å². The van der Waals surface area contributed by atoms with Crippen molar-refractivity contribution < 1.29 is 15.3 Å². The fraction of sp³-hybridized carbons (Fsp3) is 0.600. The van der Waals surface area contributed by atoms with E-state index in [0.717, 1.165) is 51.6 Å². The minimum atomic E-state index is -0.946. The number of nitrogens with one attached hydrogen (secondary N) is 2. The molecule has 0 amide bonds. The highest BCUT2D eigenvalue weighted by Gasteiger charge is 2.41. The van der Waals surface area contributed by atoms with Gasteiger partial charge in [-0.2, -0.15) is 4.98 Å². The summed E-state index contributed by atoms with van der Waals surface area (Å²) in [5, 5.41) is 38.2. The number of aliphatic hydroxyl groups excluding tert-OH is 3. The predicted octanol–water partition coefficient (Wildman–Crippen LogP) is 3.06. The normalized spacial score (nSPS) is 26.4. The minimum absolute atomic E-state index is 0.0165. The molecule has 3 aliphatic rings. The summed E-state index contributed by atoms with van der Waals surface area (Å²) in [6, 6.07) is 1.62. The number of aromatic nitrogens is 4. The molecule has 3 saturated carbocycles. The van der Waals surface area contributed by atoms with E-state index in [1.165, 1.54) is 12.8 Å². The van der Waals surface area contributed by atoms with Crippen LogP contribution in [0, 0.1) is 18.8 Å². The molecule has 0 aromatic carbocycles. The minimum Gasteiger partial charge on any atom is -0.396 e. The average molecular weight is 497 g/mol. The summed E-state index contributed by atoms with van der Waals surface area (Å²) in [6.45, 7) is 2.79. The van der Waals surface area contributed by atoms with Gasteiger partial charge < -0.3 is 26.0 Å². The van der Waals surface area contributed by atoms with Crippen molar-refractivity contribution in [2.45, 2.75) is 69.6 Å². The van der Waals surface area contributed by atoms with Crippen molar-refractivity contribution in [1.82, 2.24) is 19.9 Å². The van der Waals surface area contributed by atoms with Gasteiger partial charge in [-0.05, 0) is 63.4 Å². The zero-order chi connectivity index (χ0) is 24.1. The van der Waals surface area contributed by atoms with Crippen LogP contribution in [0.15, 0.2) is 12.3 Å². The molecule has 186 valence electrons. The van der Waals surface area contributed by atoms with Crippen LogP contribution in [-0.4, -0.2) is 66.7 Å². The second-order valence-corrected chi connectivity index (χ2v) is 11.3. The Morgan fingerprint density at radius 1 is 1.09 bits per heavy atom. The number of thiazole rings is 1. The third-order valence-electron chi connectivity index (χ3n) is 7.47. The van der Waals surface area contributed by atoms with E-state index in [-0.39, 0.29) is 18.6 Å². The molecule has 0 unspecified atom stereocenters. The quantitative estimate of drug-likeness (QED) is 0.303. The summed E-state index contributed by atoms with van der Waals surface area (Å²) in [4.78, 5) is 19.2. The Balaban J connectivity index is 1.38. The number of hydrogen-bond acceptors (Lipinski definition) is 10. The van der Waals surface area contributed by atoms with E-state index in [2.05, 4.69) is 15.6 Å². The van der Waals surface area contributed by atoms with Gasteiger partial charge in [0.2, 0.25) is 5.95 Å². The molecule has 3 aliphatic carbocycles. The zero-order valence-corrected chi connectivity index (χ0v) is 20.6. The summed E-state index contributed by atoms with van der Waals surface area (Å²) < 4.78 is 1.09. The van der Waals surface area contributed by atoms with Crippen molar-refractivity contribution in [1.29, 1.82) is 0 Å². The van der Waals surface area contributed by atoms with Gasteiger partial charge in [0.15, 0.2) is 0 Å². The molecule has 10 heteroatoms. The number of aryl methyl sites for hydroxylation is 1. The first-order valence-electron chi connectivity index (χ1n) is 12.6. The Morgan fingerprint density at radius 3 is 2.66 bits per heavy atom. The number of hydrogen-bond donors (Lipinski definition) is 5. The second kappa shape index (κ2) is 9.24. The van der Waals surface area contributed by atoms with Crippen LogP contribution in [0.5, 0.6) is 0 Å². The lowest BCUT2D eigenvalue weighted by Crippen LogP contribution is -2.35. The molecule has 3 heterocycles. The summed E-state index contributed by atoms with van der Waals surface area (Å²) in [7, 11) is 0. The van der Waals surface area contributed by atoms with Crippen molar-refractivity contribution in [3.05, 3.63) is 23.7 Å². The topological polar surface area (TPSA) is 136 Å². The van der Waals surface area contributed by atoms with Gasteiger partial charge in [-0.25, -0.2) is 9.97 Å². The van der Waals surface area contributed by atoms with Crippen LogP contribution in [-0.2, 0) is 0 Å². The zero-order valence-electron chi connectivity index (χ0n) is 19.8. The molecule has 3 aromatic heterocycles. The molecule has 0 bridgehead atoms. The second-order valence-electron chi connectivity index (χ2n) is 10.3. The van der Waals surface area contributed by atoms with E-state index >= 15 is 0 Å². The van der Waals surface area contributed by atoms with E-state index in [1.54, 1.807) is 11.3 Å². The number of fused-ring (bicyclic) bond motifs is 1. The molecule has 3 fully saturated rings. The van der Waals surface area contributed by atoms with Crippen molar-refractivity contribution in [2.24, 2.45) is 11.8 Å². The Morgan fingerprint density at radius 2 is 1.91 bits per heavy atom. The number of pyridine rings is 1. The van der Waals surface area contributed by atoms with Crippen LogP contribution < -0.4 is 10.6 Å². The molecule has 0 spiro atoms. The third kappa shape index (κ3) is 4.60. The molecule has 3 aromatic rings. The SMILES string of the molecule is Cc1nc(NCC2CC2)nc(N[C@@H]2C[C@H](CCO)[C@@H](O)[C@H]2O)c1-c1nc2c(C3CC3)nccc2s1. The number of rotatable bonds is 9. The van der Waals surface area contributed by atoms with E-state index < -0.39 is 12.2 Å². The fourth-order valence-electron chi connectivity index (χ4n) is 5.10. The van der Waals surface area contributed by atoms with Crippen molar-refractivity contribution >= 4 is 33.3 Å². The van der Waals surface area contributed by atoms with Gasteiger partial charge in [-0.1, -0.05) is 0 Å². The molecule has 5 N–H and O–H groups in total. The van der Waals surface area contributed by atoms with E-state index in [1.807, 2.05) is 19.2 Å². The first-order chi connectivity index (χ1) is 17.0. The Hall–Kier alpha value is -2.40. The van der Waals surface area contributed by atoms with Crippen molar-refractivity contribution in [3.63, 3.8) is 0 Å². The van der Waals surface area contributed by atoms with Crippen LogP contribution in [0.1, 0.15) is 55.8 Å². The summed E-state index contributed by atoms with van der Waals surface area (Å²) in [5.41, 5.74) is 3.65. The van der Waals surface area contributed by atoms with Crippen molar-refractivity contribution in [2.75, 3.05) is 23.8 Å². The maximum Gasteiger partial charge on any atom is 0.224 e. The van der Waals surface area contributed by atoms with Crippen LogP contribution in [0.4, 0.5) is 11.8 Å². The first kappa shape index (κ1) is 23.0. The lowest BCUT2D eigenvalue weighted by molar-refractivity contribution is 0.0124. The molecule has 0 aliphatic heterocycles. The van der Waals surface area contributed by atoms with Crippen LogP contribution in [0.2, 0.25) is 0 Å². The summed E-state index contributed by atoms with van der Waals surface area (Å²) in [5.74, 6) is 2.18. The van der Waals surface area contributed by atoms with E-state index in [0.29, 0.717) is 36.4 Å². The number of aliphatic hydroxyl groups is 3. The Labute approximate surface area is 208 Å². The van der Waals surface area contributed by atoms with E-state index in [4.69, 9.17) is 15.0 Å². The van der Waals surface area contributed by atoms with Gasteiger partial charge in [0.1, 0.15) is 22.4 Å². The number of anilines is 2.